The molecule has 1 rings (SSSR count). The first-order valence-corrected chi connectivity index (χ1v) is 15.0. The first kappa shape index (κ1) is 32.2. The van der Waals surface area contributed by atoms with E-state index in [-0.39, 0.29) is 11.8 Å². The molecule has 4 heteroatoms. The quantitative estimate of drug-likeness (QED) is 0.175. The lowest BCUT2D eigenvalue weighted by Crippen LogP contribution is -2.17. The Hall–Kier alpha value is -1.84. The summed E-state index contributed by atoms with van der Waals surface area (Å²) in [7, 11) is 0. The number of carbonyl (C=O) groups excluding carboxylic acids is 2. The fraction of sp³-hybridized carbons (Fsp3) is 0.750. The molecular weight excluding hydrogens is 444 g/mol. The standard InChI is InChI=1S/C32H56N2O2/c1-7-9-11-13-15-17-19-21-23-29(35)33-31-25(3)27(5)32(28(6)26(31)4)34-30(36)24-22-20-18-16-14-12-10-8-2/h7-24H2,1-6H3,(H,33,35)(H,34,36). The molecule has 0 aliphatic carbocycles. The van der Waals surface area contributed by atoms with E-state index in [0.717, 1.165) is 59.3 Å². The first-order valence-electron chi connectivity index (χ1n) is 15.0. The lowest BCUT2D eigenvalue weighted by molar-refractivity contribution is -0.117. The summed E-state index contributed by atoms with van der Waals surface area (Å²) in [6.45, 7) is 12.7. The van der Waals surface area contributed by atoms with Gasteiger partial charge >= 0.3 is 0 Å². The molecule has 0 aliphatic rings. The van der Waals surface area contributed by atoms with Gasteiger partial charge in [0.2, 0.25) is 11.8 Å². The third kappa shape index (κ3) is 12.4. The largest absolute Gasteiger partial charge is 0.326 e. The molecule has 0 atom stereocenters. The van der Waals surface area contributed by atoms with Crippen molar-refractivity contribution in [3.05, 3.63) is 22.3 Å². The lowest BCUT2D eigenvalue weighted by Gasteiger charge is -2.21. The van der Waals surface area contributed by atoms with Gasteiger partial charge in [-0.25, -0.2) is 0 Å². The predicted octanol–water partition coefficient (Wildman–Crippen LogP) is 9.86. The highest BCUT2D eigenvalue weighted by Crippen LogP contribution is 2.34. The van der Waals surface area contributed by atoms with Gasteiger partial charge in [0.05, 0.1) is 0 Å². The summed E-state index contributed by atoms with van der Waals surface area (Å²) >= 11 is 0. The summed E-state index contributed by atoms with van der Waals surface area (Å²) < 4.78 is 0. The average molecular weight is 501 g/mol. The molecule has 1 aromatic carbocycles. The first-order chi connectivity index (χ1) is 17.3. The molecule has 0 saturated heterocycles. The zero-order valence-corrected chi connectivity index (χ0v) is 24.5. The highest BCUT2D eigenvalue weighted by molar-refractivity contribution is 5.96. The molecule has 2 amide bonds. The van der Waals surface area contributed by atoms with Crippen LogP contribution in [0.15, 0.2) is 0 Å². The van der Waals surface area contributed by atoms with Crippen LogP contribution in [0.2, 0.25) is 0 Å². The van der Waals surface area contributed by atoms with E-state index >= 15 is 0 Å². The van der Waals surface area contributed by atoms with Crippen LogP contribution in [0.1, 0.15) is 152 Å². The summed E-state index contributed by atoms with van der Waals surface area (Å²) in [5.41, 5.74) is 6.01. The average Bonchev–Trinajstić information content (AvgIpc) is 2.86. The van der Waals surface area contributed by atoms with Crippen LogP contribution in [0.3, 0.4) is 0 Å². The maximum absolute atomic E-state index is 12.6. The Balaban J connectivity index is 2.50. The Morgan fingerprint density at radius 2 is 0.694 bits per heavy atom. The van der Waals surface area contributed by atoms with E-state index < -0.39 is 0 Å². The Kier molecular flexibility index (Phi) is 17.3. The zero-order valence-electron chi connectivity index (χ0n) is 24.5. The van der Waals surface area contributed by atoms with Crippen LogP contribution in [0, 0.1) is 27.7 Å². The minimum absolute atomic E-state index is 0.0949. The number of hydrogen-bond donors (Lipinski definition) is 2. The molecule has 0 saturated carbocycles. The van der Waals surface area contributed by atoms with Gasteiger partial charge in [0, 0.05) is 24.2 Å². The molecule has 0 fully saturated rings. The number of carbonyl (C=O) groups is 2. The van der Waals surface area contributed by atoms with Crippen molar-refractivity contribution >= 4 is 23.2 Å². The normalized spacial score (nSPS) is 11.1. The van der Waals surface area contributed by atoms with Gasteiger partial charge in [-0.1, -0.05) is 104 Å². The molecule has 0 aliphatic heterocycles. The molecule has 0 radical (unpaired) electrons. The SMILES string of the molecule is CCCCCCCCCCC(=O)Nc1c(C)c(C)c(NC(=O)CCCCCCCCCC)c(C)c1C. The molecule has 2 N–H and O–H groups in total. The van der Waals surface area contributed by atoms with Crippen molar-refractivity contribution < 1.29 is 9.59 Å². The zero-order chi connectivity index (χ0) is 26.8. The number of unbranched alkanes of at least 4 members (excludes halogenated alkanes) is 14. The van der Waals surface area contributed by atoms with Gasteiger partial charge in [-0.3, -0.25) is 9.59 Å². The van der Waals surface area contributed by atoms with E-state index in [4.69, 9.17) is 0 Å². The van der Waals surface area contributed by atoms with Crippen LogP contribution >= 0.6 is 0 Å². The summed E-state index contributed by atoms with van der Waals surface area (Å²) in [6.07, 6.45) is 20.8. The maximum Gasteiger partial charge on any atom is 0.224 e. The minimum atomic E-state index is 0.0949. The molecule has 4 nitrogen and oxygen atoms in total. The van der Waals surface area contributed by atoms with E-state index in [1.165, 1.54) is 77.0 Å². The van der Waals surface area contributed by atoms with Crippen molar-refractivity contribution in [3.63, 3.8) is 0 Å². The fourth-order valence-corrected chi connectivity index (χ4v) is 4.93. The van der Waals surface area contributed by atoms with Crippen molar-refractivity contribution in [1.82, 2.24) is 0 Å². The summed E-state index contributed by atoms with van der Waals surface area (Å²) in [6, 6.07) is 0. The molecule has 0 aromatic heterocycles. The third-order valence-corrected chi connectivity index (χ3v) is 7.67. The van der Waals surface area contributed by atoms with Crippen LogP contribution in [0.5, 0.6) is 0 Å². The summed E-state index contributed by atoms with van der Waals surface area (Å²) in [5, 5.41) is 6.35. The van der Waals surface area contributed by atoms with Gasteiger partial charge in [-0.05, 0) is 62.8 Å². The highest BCUT2D eigenvalue weighted by Gasteiger charge is 2.18. The molecular formula is C32H56N2O2. The van der Waals surface area contributed by atoms with Crippen LogP contribution in [0.25, 0.3) is 0 Å². The van der Waals surface area contributed by atoms with Gasteiger partial charge in [0.25, 0.3) is 0 Å². The van der Waals surface area contributed by atoms with Crippen LogP contribution in [-0.4, -0.2) is 11.8 Å². The van der Waals surface area contributed by atoms with E-state index in [9.17, 15) is 9.59 Å². The van der Waals surface area contributed by atoms with Crippen molar-refractivity contribution in [2.24, 2.45) is 0 Å². The number of anilines is 2. The maximum atomic E-state index is 12.6. The van der Waals surface area contributed by atoms with Gasteiger partial charge in [-0.2, -0.15) is 0 Å². The number of hydrogen-bond acceptors (Lipinski definition) is 2. The van der Waals surface area contributed by atoms with E-state index in [1.54, 1.807) is 0 Å². The van der Waals surface area contributed by atoms with Gasteiger partial charge in [-0.15, -0.1) is 0 Å². The Bertz CT molecular complexity index is 691. The van der Waals surface area contributed by atoms with Crippen molar-refractivity contribution in [3.8, 4) is 0 Å². The van der Waals surface area contributed by atoms with Gasteiger partial charge in [0.15, 0.2) is 0 Å². The molecule has 0 heterocycles. The van der Waals surface area contributed by atoms with Crippen LogP contribution < -0.4 is 10.6 Å². The minimum Gasteiger partial charge on any atom is -0.326 e. The molecule has 0 unspecified atom stereocenters. The van der Waals surface area contributed by atoms with Crippen LogP contribution in [-0.2, 0) is 9.59 Å². The molecule has 0 bridgehead atoms. The van der Waals surface area contributed by atoms with Crippen molar-refractivity contribution in [2.45, 2.75) is 157 Å². The third-order valence-electron chi connectivity index (χ3n) is 7.67. The second-order valence-corrected chi connectivity index (χ2v) is 10.8. The highest BCUT2D eigenvalue weighted by atomic mass is 16.2. The van der Waals surface area contributed by atoms with E-state index in [0.29, 0.717) is 12.8 Å². The second-order valence-electron chi connectivity index (χ2n) is 10.8. The molecule has 206 valence electrons. The summed E-state index contributed by atoms with van der Waals surface area (Å²) in [4.78, 5) is 25.3. The van der Waals surface area contributed by atoms with Crippen LogP contribution in [0.4, 0.5) is 11.4 Å². The number of amides is 2. The van der Waals surface area contributed by atoms with Crippen molar-refractivity contribution in [1.29, 1.82) is 0 Å². The molecule has 1 aromatic rings. The van der Waals surface area contributed by atoms with E-state index in [1.807, 2.05) is 27.7 Å². The van der Waals surface area contributed by atoms with Gasteiger partial charge < -0.3 is 10.6 Å². The number of rotatable bonds is 20. The second kappa shape index (κ2) is 19.3. The number of nitrogens with one attached hydrogen (secondary N) is 2. The Morgan fingerprint density at radius 3 is 0.972 bits per heavy atom. The smallest absolute Gasteiger partial charge is 0.224 e. The Morgan fingerprint density at radius 1 is 0.444 bits per heavy atom. The summed E-state index contributed by atoms with van der Waals surface area (Å²) in [5.74, 6) is 0.190. The lowest BCUT2D eigenvalue weighted by atomic mass is 9.95. The topological polar surface area (TPSA) is 58.2 Å². The molecule has 0 spiro atoms. The number of benzene rings is 1. The van der Waals surface area contributed by atoms with Gasteiger partial charge in [0.1, 0.15) is 0 Å². The molecule has 36 heavy (non-hydrogen) atoms. The van der Waals surface area contributed by atoms with Crippen molar-refractivity contribution in [2.75, 3.05) is 10.6 Å². The monoisotopic (exact) mass is 500 g/mol. The Labute approximate surface area is 222 Å². The predicted molar refractivity (Wildman–Crippen MR) is 157 cm³/mol. The fourth-order valence-electron chi connectivity index (χ4n) is 4.93. The van der Waals surface area contributed by atoms with E-state index in [2.05, 4.69) is 24.5 Å².